The molecule has 1 saturated heterocycles. The summed E-state index contributed by atoms with van der Waals surface area (Å²) in [5.41, 5.74) is 1.22. The van der Waals surface area contributed by atoms with Crippen LogP contribution in [0.2, 0.25) is 5.02 Å². The maximum absolute atomic E-state index is 13.3. The molecule has 1 aliphatic rings. The number of likely N-dealkylation sites (tertiary alicyclic amines) is 1. The summed E-state index contributed by atoms with van der Waals surface area (Å²) in [4.78, 5) is 15.5. The number of hydrogen-bond acceptors (Lipinski definition) is 2. The number of nitrogens with zero attached hydrogens (tertiary/aromatic N) is 1. The van der Waals surface area contributed by atoms with Crippen molar-refractivity contribution in [3.8, 4) is 0 Å². The molecular weight excluding hydrogens is 350 g/mol. The standard InChI is InChI=1S/C21H32ClNOS/c1-6-16-9-12-19(17-7-10-18(22)11-8-17)23(21(16)24)20(14(2)3)13-25-15(4)5/h7-8,10-11,14-16,19-20H,6,9,12-13H2,1-5H3. The van der Waals surface area contributed by atoms with Crippen LogP contribution in [0.25, 0.3) is 0 Å². The van der Waals surface area contributed by atoms with Crippen LogP contribution >= 0.6 is 23.4 Å². The highest BCUT2D eigenvalue weighted by molar-refractivity contribution is 7.99. The molecule has 0 radical (unpaired) electrons. The molecule has 1 aromatic rings. The average molecular weight is 382 g/mol. The summed E-state index contributed by atoms with van der Waals surface area (Å²) in [6, 6.07) is 8.51. The second-order valence-electron chi connectivity index (χ2n) is 7.69. The van der Waals surface area contributed by atoms with Crippen LogP contribution in [-0.4, -0.2) is 27.9 Å². The van der Waals surface area contributed by atoms with Crippen molar-refractivity contribution in [3.63, 3.8) is 0 Å². The van der Waals surface area contributed by atoms with E-state index in [-0.39, 0.29) is 18.0 Å². The summed E-state index contributed by atoms with van der Waals surface area (Å²) in [6.07, 6.45) is 2.97. The SMILES string of the molecule is CCC1CCC(c2ccc(Cl)cc2)N(C(CSC(C)C)C(C)C)C1=O. The van der Waals surface area contributed by atoms with Gasteiger partial charge >= 0.3 is 0 Å². The van der Waals surface area contributed by atoms with Crippen LogP contribution in [0, 0.1) is 11.8 Å². The van der Waals surface area contributed by atoms with Gasteiger partial charge in [-0.1, -0.05) is 58.4 Å². The molecule has 140 valence electrons. The molecule has 1 amide bonds. The fourth-order valence-corrected chi connectivity index (χ4v) is 4.91. The van der Waals surface area contributed by atoms with Gasteiger partial charge in [-0.2, -0.15) is 11.8 Å². The van der Waals surface area contributed by atoms with Crippen LogP contribution in [0.4, 0.5) is 0 Å². The van der Waals surface area contributed by atoms with Gasteiger partial charge in [0.15, 0.2) is 0 Å². The van der Waals surface area contributed by atoms with Gasteiger partial charge in [-0.05, 0) is 48.1 Å². The fourth-order valence-electron chi connectivity index (χ4n) is 3.66. The summed E-state index contributed by atoms with van der Waals surface area (Å²) in [5.74, 6) is 1.97. The monoisotopic (exact) mass is 381 g/mol. The smallest absolute Gasteiger partial charge is 0.226 e. The molecule has 1 aromatic carbocycles. The lowest BCUT2D eigenvalue weighted by Crippen LogP contribution is -2.52. The normalized spacial score (nSPS) is 22.7. The highest BCUT2D eigenvalue weighted by Gasteiger charge is 2.40. The Bertz CT molecular complexity index is 558. The molecule has 1 aliphatic heterocycles. The minimum absolute atomic E-state index is 0.174. The molecule has 3 unspecified atom stereocenters. The van der Waals surface area contributed by atoms with Gasteiger partial charge in [-0.3, -0.25) is 4.79 Å². The Kier molecular flexibility index (Phi) is 7.69. The summed E-state index contributed by atoms with van der Waals surface area (Å²) < 4.78 is 0. The molecule has 2 nitrogen and oxygen atoms in total. The Balaban J connectivity index is 2.35. The van der Waals surface area contributed by atoms with Crippen molar-refractivity contribution >= 4 is 29.3 Å². The predicted octanol–water partition coefficient (Wildman–Crippen LogP) is 6.20. The van der Waals surface area contributed by atoms with Crippen molar-refractivity contribution in [2.45, 2.75) is 71.2 Å². The van der Waals surface area contributed by atoms with E-state index >= 15 is 0 Å². The van der Waals surface area contributed by atoms with E-state index < -0.39 is 0 Å². The van der Waals surface area contributed by atoms with Gasteiger partial charge in [-0.15, -0.1) is 0 Å². The van der Waals surface area contributed by atoms with Gasteiger partial charge in [0.25, 0.3) is 0 Å². The summed E-state index contributed by atoms with van der Waals surface area (Å²) in [7, 11) is 0. The van der Waals surface area contributed by atoms with Gasteiger partial charge < -0.3 is 4.90 Å². The molecule has 0 N–H and O–H groups in total. The van der Waals surface area contributed by atoms with Gasteiger partial charge in [-0.25, -0.2) is 0 Å². The molecule has 0 saturated carbocycles. The van der Waals surface area contributed by atoms with E-state index in [9.17, 15) is 4.79 Å². The first kappa shape index (κ1) is 20.6. The third-order valence-corrected chi connectivity index (χ3v) is 6.66. The Morgan fingerprint density at radius 3 is 2.32 bits per heavy atom. The molecule has 4 heteroatoms. The van der Waals surface area contributed by atoms with Gasteiger partial charge in [0, 0.05) is 22.7 Å². The van der Waals surface area contributed by atoms with Crippen LogP contribution < -0.4 is 0 Å². The maximum atomic E-state index is 13.3. The van der Waals surface area contributed by atoms with E-state index in [0.29, 0.717) is 17.1 Å². The molecule has 2 rings (SSSR count). The predicted molar refractivity (Wildman–Crippen MR) is 110 cm³/mol. The van der Waals surface area contributed by atoms with Crippen molar-refractivity contribution in [3.05, 3.63) is 34.9 Å². The average Bonchev–Trinajstić information content (AvgIpc) is 2.56. The van der Waals surface area contributed by atoms with E-state index in [1.165, 1.54) is 5.56 Å². The van der Waals surface area contributed by atoms with Crippen LogP contribution in [0.15, 0.2) is 24.3 Å². The second-order valence-corrected chi connectivity index (χ2v) is 9.73. The number of thioether (sulfide) groups is 1. The van der Waals surface area contributed by atoms with Crippen LogP contribution in [-0.2, 0) is 4.79 Å². The van der Waals surface area contributed by atoms with E-state index in [2.05, 4.69) is 51.7 Å². The van der Waals surface area contributed by atoms with E-state index in [4.69, 9.17) is 11.6 Å². The van der Waals surface area contributed by atoms with Crippen molar-refractivity contribution in [1.29, 1.82) is 0 Å². The Morgan fingerprint density at radius 1 is 1.16 bits per heavy atom. The topological polar surface area (TPSA) is 20.3 Å². The fraction of sp³-hybridized carbons (Fsp3) is 0.667. The number of piperidine rings is 1. The minimum atomic E-state index is 0.174. The lowest BCUT2D eigenvalue weighted by atomic mass is 9.84. The summed E-state index contributed by atoms with van der Waals surface area (Å²) in [6.45, 7) is 11.1. The number of benzene rings is 1. The first-order valence-electron chi connectivity index (χ1n) is 9.54. The summed E-state index contributed by atoms with van der Waals surface area (Å²) >= 11 is 8.03. The lowest BCUT2D eigenvalue weighted by Gasteiger charge is -2.46. The van der Waals surface area contributed by atoms with E-state index in [0.717, 1.165) is 30.0 Å². The molecule has 1 fully saturated rings. The molecular formula is C21H32ClNOS. The highest BCUT2D eigenvalue weighted by Crippen LogP contribution is 2.39. The van der Waals surface area contributed by atoms with E-state index in [1.54, 1.807) is 0 Å². The van der Waals surface area contributed by atoms with Gasteiger partial charge in [0.05, 0.1) is 6.04 Å². The Hall–Kier alpha value is -0.670. The number of amides is 1. The van der Waals surface area contributed by atoms with Crippen molar-refractivity contribution in [2.75, 3.05) is 5.75 Å². The number of halogens is 1. The van der Waals surface area contributed by atoms with Gasteiger partial charge in [0.2, 0.25) is 5.91 Å². The van der Waals surface area contributed by atoms with Crippen LogP contribution in [0.5, 0.6) is 0 Å². The first-order valence-corrected chi connectivity index (χ1v) is 11.0. The third-order valence-electron chi connectivity index (χ3n) is 5.20. The molecule has 25 heavy (non-hydrogen) atoms. The molecule has 0 aliphatic carbocycles. The lowest BCUT2D eigenvalue weighted by molar-refractivity contribution is -0.146. The molecule has 1 heterocycles. The van der Waals surface area contributed by atoms with Gasteiger partial charge in [0.1, 0.15) is 0 Å². The number of rotatable bonds is 7. The maximum Gasteiger partial charge on any atom is 0.226 e. The van der Waals surface area contributed by atoms with Crippen LogP contribution in [0.1, 0.15) is 65.5 Å². The Morgan fingerprint density at radius 2 is 1.80 bits per heavy atom. The van der Waals surface area contributed by atoms with Crippen LogP contribution in [0.3, 0.4) is 0 Å². The molecule has 0 spiro atoms. The minimum Gasteiger partial charge on any atom is -0.331 e. The number of carbonyl (C=O) groups excluding carboxylic acids is 1. The zero-order chi connectivity index (χ0) is 18.6. The highest BCUT2D eigenvalue weighted by atomic mass is 35.5. The number of carbonyl (C=O) groups is 1. The molecule has 0 aromatic heterocycles. The zero-order valence-electron chi connectivity index (χ0n) is 16.2. The molecule has 0 bridgehead atoms. The quantitative estimate of drug-likeness (QED) is 0.560. The zero-order valence-corrected chi connectivity index (χ0v) is 17.7. The summed E-state index contributed by atoms with van der Waals surface area (Å²) in [5, 5.41) is 1.33. The van der Waals surface area contributed by atoms with Crippen molar-refractivity contribution in [1.82, 2.24) is 4.90 Å². The van der Waals surface area contributed by atoms with Crippen molar-refractivity contribution < 1.29 is 4.79 Å². The second kappa shape index (κ2) is 9.32. The number of hydrogen-bond donors (Lipinski definition) is 0. The largest absolute Gasteiger partial charge is 0.331 e. The van der Waals surface area contributed by atoms with E-state index in [1.807, 2.05) is 23.9 Å². The Labute approximate surface area is 162 Å². The van der Waals surface area contributed by atoms with Crippen molar-refractivity contribution in [2.24, 2.45) is 11.8 Å². The molecule has 3 atom stereocenters. The first-order chi connectivity index (χ1) is 11.8. The third kappa shape index (κ3) is 5.17.